The van der Waals surface area contributed by atoms with Gasteiger partial charge in [-0.1, -0.05) is 20.8 Å². The predicted molar refractivity (Wildman–Crippen MR) is 71.5 cm³/mol. The predicted octanol–water partition coefficient (Wildman–Crippen LogP) is 1.44. The van der Waals surface area contributed by atoms with E-state index < -0.39 is 10.0 Å². The van der Waals surface area contributed by atoms with E-state index in [4.69, 9.17) is 0 Å². The van der Waals surface area contributed by atoms with Crippen LogP contribution in [0.4, 0.5) is 0 Å². The molecular formula is C12H26N2O2S. The van der Waals surface area contributed by atoms with Crippen LogP contribution in [0.15, 0.2) is 0 Å². The minimum atomic E-state index is -3.08. The first-order chi connectivity index (χ1) is 7.71. The summed E-state index contributed by atoms with van der Waals surface area (Å²) >= 11 is 0. The van der Waals surface area contributed by atoms with E-state index >= 15 is 0 Å². The van der Waals surface area contributed by atoms with Crippen molar-refractivity contribution in [2.24, 2.45) is 5.41 Å². The SMILES string of the molecule is CN(CC(C)(C)C)S(=O)(=O)CCCNC1CC1. The summed E-state index contributed by atoms with van der Waals surface area (Å²) in [6.07, 6.45) is 3.20. The maximum Gasteiger partial charge on any atom is 0.213 e. The Labute approximate surface area is 106 Å². The Hall–Kier alpha value is -0.130. The molecule has 102 valence electrons. The van der Waals surface area contributed by atoms with E-state index in [2.05, 4.69) is 5.32 Å². The lowest BCUT2D eigenvalue weighted by Gasteiger charge is -2.26. The Bertz CT molecular complexity index is 329. The van der Waals surface area contributed by atoms with Crippen LogP contribution in [-0.4, -0.2) is 44.7 Å². The van der Waals surface area contributed by atoms with Crippen molar-refractivity contribution in [2.75, 3.05) is 25.9 Å². The second-order valence-electron chi connectivity index (χ2n) is 6.21. The Morgan fingerprint density at radius 3 is 2.35 bits per heavy atom. The van der Waals surface area contributed by atoms with Crippen LogP contribution in [0.2, 0.25) is 0 Å². The maximum atomic E-state index is 12.0. The standard InChI is InChI=1S/C12H26N2O2S/c1-12(2,3)10-14(4)17(15,16)9-5-8-13-11-6-7-11/h11,13H,5-10H2,1-4H3. The van der Waals surface area contributed by atoms with Gasteiger partial charge >= 0.3 is 0 Å². The van der Waals surface area contributed by atoms with E-state index in [1.54, 1.807) is 7.05 Å². The lowest BCUT2D eigenvalue weighted by molar-refractivity contribution is 0.310. The van der Waals surface area contributed by atoms with Crippen LogP contribution in [0, 0.1) is 5.41 Å². The van der Waals surface area contributed by atoms with Gasteiger partial charge in [0.25, 0.3) is 0 Å². The topological polar surface area (TPSA) is 49.4 Å². The summed E-state index contributed by atoms with van der Waals surface area (Å²) in [6, 6.07) is 0.657. The third-order valence-electron chi connectivity index (χ3n) is 2.76. The number of nitrogens with zero attached hydrogens (tertiary/aromatic N) is 1. The molecule has 0 aliphatic heterocycles. The van der Waals surface area contributed by atoms with Crippen molar-refractivity contribution in [1.82, 2.24) is 9.62 Å². The summed E-state index contributed by atoms with van der Waals surface area (Å²) in [5, 5.41) is 3.33. The van der Waals surface area contributed by atoms with E-state index in [0.29, 0.717) is 19.0 Å². The molecule has 5 heteroatoms. The van der Waals surface area contributed by atoms with Crippen LogP contribution in [0.3, 0.4) is 0 Å². The summed E-state index contributed by atoms with van der Waals surface area (Å²) in [6.45, 7) is 7.54. The fourth-order valence-electron chi connectivity index (χ4n) is 1.77. The molecule has 0 unspecified atom stereocenters. The van der Waals surface area contributed by atoms with Gasteiger partial charge in [-0.25, -0.2) is 12.7 Å². The highest BCUT2D eigenvalue weighted by Gasteiger charge is 2.24. The average Bonchev–Trinajstić information content (AvgIpc) is 2.93. The number of nitrogens with one attached hydrogen (secondary N) is 1. The van der Waals surface area contributed by atoms with Gasteiger partial charge in [-0.05, 0) is 31.2 Å². The molecule has 1 aliphatic rings. The zero-order valence-electron chi connectivity index (χ0n) is 11.5. The lowest BCUT2D eigenvalue weighted by Crippen LogP contribution is -2.36. The van der Waals surface area contributed by atoms with Crippen molar-refractivity contribution >= 4 is 10.0 Å². The highest BCUT2D eigenvalue weighted by atomic mass is 32.2. The van der Waals surface area contributed by atoms with E-state index in [9.17, 15) is 8.42 Å². The molecular weight excluding hydrogens is 236 g/mol. The van der Waals surface area contributed by atoms with Gasteiger partial charge in [0.05, 0.1) is 5.75 Å². The molecule has 1 N–H and O–H groups in total. The van der Waals surface area contributed by atoms with Gasteiger partial charge in [-0.15, -0.1) is 0 Å². The van der Waals surface area contributed by atoms with Crippen molar-refractivity contribution < 1.29 is 8.42 Å². The highest BCUT2D eigenvalue weighted by molar-refractivity contribution is 7.89. The third kappa shape index (κ3) is 6.38. The summed E-state index contributed by atoms with van der Waals surface area (Å²) in [4.78, 5) is 0. The molecule has 1 fully saturated rings. The van der Waals surface area contributed by atoms with Gasteiger partial charge in [0, 0.05) is 19.6 Å². The molecule has 0 amide bonds. The highest BCUT2D eigenvalue weighted by Crippen LogP contribution is 2.19. The molecule has 1 saturated carbocycles. The Morgan fingerprint density at radius 2 is 1.88 bits per heavy atom. The van der Waals surface area contributed by atoms with Gasteiger partial charge in [0.1, 0.15) is 0 Å². The summed E-state index contributed by atoms with van der Waals surface area (Å²) in [7, 11) is -1.40. The van der Waals surface area contributed by atoms with E-state index in [1.165, 1.54) is 17.1 Å². The smallest absolute Gasteiger partial charge is 0.213 e. The third-order valence-corrected chi connectivity index (χ3v) is 4.64. The fourth-order valence-corrected chi connectivity index (χ4v) is 3.18. The molecule has 0 aromatic heterocycles. The number of sulfonamides is 1. The molecule has 0 aromatic rings. The van der Waals surface area contributed by atoms with Crippen molar-refractivity contribution in [3.05, 3.63) is 0 Å². The second kappa shape index (κ2) is 5.67. The molecule has 0 bridgehead atoms. The molecule has 0 radical (unpaired) electrons. The van der Waals surface area contributed by atoms with E-state index in [1.807, 2.05) is 20.8 Å². The molecule has 0 saturated heterocycles. The van der Waals surface area contributed by atoms with Crippen LogP contribution in [0.5, 0.6) is 0 Å². The molecule has 0 atom stereocenters. The fraction of sp³-hybridized carbons (Fsp3) is 1.00. The molecule has 0 heterocycles. The largest absolute Gasteiger partial charge is 0.314 e. The van der Waals surface area contributed by atoms with Crippen LogP contribution < -0.4 is 5.32 Å². The van der Waals surface area contributed by atoms with Crippen LogP contribution in [-0.2, 0) is 10.0 Å². The minimum absolute atomic E-state index is 0.00802. The van der Waals surface area contributed by atoms with Gasteiger partial charge in [0.2, 0.25) is 10.0 Å². The van der Waals surface area contributed by atoms with Crippen molar-refractivity contribution in [2.45, 2.75) is 46.1 Å². The summed E-state index contributed by atoms with van der Waals surface area (Å²) < 4.78 is 25.4. The Balaban J connectivity index is 2.27. The van der Waals surface area contributed by atoms with Gasteiger partial charge in [-0.3, -0.25) is 0 Å². The Morgan fingerprint density at radius 1 is 1.29 bits per heavy atom. The minimum Gasteiger partial charge on any atom is -0.314 e. The number of hydrogen-bond acceptors (Lipinski definition) is 3. The van der Waals surface area contributed by atoms with Crippen LogP contribution in [0.25, 0.3) is 0 Å². The number of hydrogen-bond donors (Lipinski definition) is 1. The van der Waals surface area contributed by atoms with Crippen LogP contribution >= 0.6 is 0 Å². The van der Waals surface area contributed by atoms with Gasteiger partial charge in [-0.2, -0.15) is 0 Å². The maximum absolute atomic E-state index is 12.0. The quantitative estimate of drug-likeness (QED) is 0.706. The van der Waals surface area contributed by atoms with Crippen LogP contribution in [0.1, 0.15) is 40.0 Å². The summed E-state index contributed by atoms with van der Waals surface area (Å²) in [5.74, 6) is 0.249. The first-order valence-electron chi connectivity index (χ1n) is 6.38. The zero-order chi connectivity index (χ0) is 13.1. The molecule has 0 spiro atoms. The second-order valence-corrected chi connectivity index (χ2v) is 8.41. The lowest BCUT2D eigenvalue weighted by atomic mass is 9.97. The van der Waals surface area contributed by atoms with Crippen molar-refractivity contribution in [1.29, 1.82) is 0 Å². The number of rotatable bonds is 7. The van der Waals surface area contributed by atoms with E-state index in [0.717, 1.165) is 6.54 Å². The normalized spacial score (nSPS) is 17.7. The van der Waals surface area contributed by atoms with Gasteiger partial charge < -0.3 is 5.32 Å². The van der Waals surface area contributed by atoms with Crippen molar-refractivity contribution in [3.63, 3.8) is 0 Å². The molecule has 1 rings (SSSR count). The van der Waals surface area contributed by atoms with E-state index in [-0.39, 0.29) is 11.2 Å². The molecule has 17 heavy (non-hydrogen) atoms. The van der Waals surface area contributed by atoms with Gasteiger partial charge in [0.15, 0.2) is 0 Å². The first kappa shape index (κ1) is 14.9. The molecule has 0 aromatic carbocycles. The molecule has 4 nitrogen and oxygen atoms in total. The van der Waals surface area contributed by atoms with Crippen molar-refractivity contribution in [3.8, 4) is 0 Å². The summed E-state index contributed by atoms with van der Waals surface area (Å²) in [5.41, 5.74) is 0.00802. The molecule has 1 aliphatic carbocycles. The Kier molecular flexibility index (Phi) is 4.98. The zero-order valence-corrected chi connectivity index (χ0v) is 12.3. The monoisotopic (exact) mass is 262 g/mol. The first-order valence-corrected chi connectivity index (χ1v) is 7.99. The average molecular weight is 262 g/mol.